The second-order valence-corrected chi connectivity index (χ2v) is 29.6. The first-order valence-corrected chi connectivity index (χ1v) is 31.3. The van der Waals surface area contributed by atoms with Crippen LogP contribution >= 0.6 is 11.8 Å². The molecule has 3 heteroatoms. The molecule has 0 N–H and O–H groups in total. The van der Waals surface area contributed by atoms with E-state index in [0.717, 1.165) is 45.3 Å². The molecule has 0 radical (unpaired) electrons. The maximum Gasteiger partial charge on any atom is 0.132 e. The quantitative estimate of drug-likeness (QED) is 0.174. The van der Waals surface area contributed by atoms with Crippen LogP contribution < -0.4 is 9.64 Å². The first-order valence-electron chi connectivity index (χ1n) is 30.5. The van der Waals surface area contributed by atoms with Gasteiger partial charge < -0.3 is 9.64 Å². The van der Waals surface area contributed by atoms with Gasteiger partial charge in [0.2, 0.25) is 0 Å². The SMILES string of the molecule is CC(C)(C)c1ccc2c(c1)C1(c3cc(C(C)(C)C)ccc3S2)c2ccccc2-c2ccc(N(c3ccc4c(c3)C3(c5ccccc5O4)c4cc(C(C)(C)C)ccc4-c4ccc(C(C)(C)C)cc43)c3ccccc3-c3cccc4ccccc34)cc21. The largest absolute Gasteiger partial charge is 0.457 e. The van der Waals surface area contributed by atoms with Crippen molar-refractivity contribution >= 4 is 39.6 Å². The fourth-order valence-electron chi connectivity index (χ4n) is 14.8. The molecule has 2 nitrogen and oxygen atoms in total. The van der Waals surface area contributed by atoms with Crippen molar-refractivity contribution in [3.8, 4) is 44.9 Å². The van der Waals surface area contributed by atoms with Crippen LogP contribution in [0, 0.1) is 0 Å². The Morgan fingerprint density at radius 3 is 1.33 bits per heavy atom. The lowest BCUT2D eigenvalue weighted by atomic mass is 9.65. The van der Waals surface area contributed by atoms with E-state index in [1.54, 1.807) is 0 Å². The van der Waals surface area contributed by atoms with Gasteiger partial charge in [-0.2, -0.15) is 0 Å². The first-order chi connectivity index (χ1) is 40.6. The molecule has 2 spiro atoms. The maximum absolute atomic E-state index is 7.26. The van der Waals surface area contributed by atoms with Gasteiger partial charge in [0.25, 0.3) is 0 Å². The predicted molar refractivity (Wildman–Crippen MR) is 358 cm³/mol. The summed E-state index contributed by atoms with van der Waals surface area (Å²) < 4.78 is 7.26. The lowest BCUT2D eigenvalue weighted by molar-refractivity contribution is 0.436. The van der Waals surface area contributed by atoms with Crippen molar-refractivity contribution in [2.45, 2.75) is 125 Å². The number of ether oxygens (including phenoxy) is 1. The molecule has 0 bridgehead atoms. The maximum atomic E-state index is 7.26. The van der Waals surface area contributed by atoms with Crippen molar-refractivity contribution < 1.29 is 4.74 Å². The summed E-state index contributed by atoms with van der Waals surface area (Å²) in [6, 6.07) is 86.6. The van der Waals surface area contributed by atoms with Crippen LogP contribution in [0.1, 0.15) is 150 Å². The molecule has 11 aromatic carbocycles. The van der Waals surface area contributed by atoms with Crippen molar-refractivity contribution in [1.29, 1.82) is 0 Å². The molecule has 85 heavy (non-hydrogen) atoms. The molecule has 0 fully saturated rings. The average molecular weight is 1120 g/mol. The molecule has 15 rings (SSSR count). The standard InChI is InChI=1S/C82H73NOS/c1-77(2,3)51-32-38-60-61-39-33-52(78(4,5)6)45-67(61)82(66(60)44-51)65-29-18-20-31-73(65)84-74-41-37-56(49-69(74)82)83(72-30-19-16-26-63(72)58-27-21-23-50-22-13-14-24-57(50)58)55-36-40-62-59-25-15-17-28-64(59)81(68(62)48-55)70-46-53(79(7,8)9)34-42-75(70)85-76-43-35-54(47-71(76)81)80(10,11)12/h13-49H,1-12H3. The zero-order valence-electron chi connectivity index (χ0n) is 51.1. The van der Waals surface area contributed by atoms with E-state index in [4.69, 9.17) is 4.74 Å². The average Bonchev–Trinajstić information content (AvgIpc) is 1.60. The Balaban J connectivity index is 1.06. The van der Waals surface area contributed by atoms with E-state index in [1.165, 1.54) is 104 Å². The third-order valence-electron chi connectivity index (χ3n) is 19.2. The highest BCUT2D eigenvalue weighted by Gasteiger charge is 2.54. The summed E-state index contributed by atoms with van der Waals surface area (Å²) in [4.78, 5) is 5.18. The summed E-state index contributed by atoms with van der Waals surface area (Å²) >= 11 is 1.93. The molecular formula is C82H73NOS. The zero-order chi connectivity index (χ0) is 58.7. The number of hydrogen-bond acceptors (Lipinski definition) is 3. The van der Waals surface area contributed by atoms with Crippen LogP contribution in [0.5, 0.6) is 11.5 Å². The number of para-hydroxylation sites is 2. The van der Waals surface area contributed by atoms with Gasteiger partial charge in [0.05, 0.1) is 16.5 Å². The molecule has 0 aromatic heterocycles. The minimum atomic E-state index is -0.722. The number of benzene rings is 11. The first kappa shape index (κ1) is 53.4. The van der Waals surface area contributed by atoms with E-state index in [2.05, 4.69) is 312 Å². The molecule has 0 amide bonds. The fraction of sp³-hybridized carbons (Fsp3) is 0.220. The lowest BCUT2D eigenvalue weighted by Crippen LogP contribution is -2.33. The van der Waals surface area contributed by atoms with E-state index in [1.807, 2.05) is 11.8 Å². The predicted octanol–water partition coefficient (Wildman–Crippen LogP) is 22.5. The van der Waals surface area contributed by atoms with Gasteiger partial charge in [-0.25, -0.2) is 0 Å². The highest BCUT2D eigenvalue weighted by atomic mass is 32.2. The fourth-order valence-corrected chi connectivity index (χ4v) is 15.9. The Morgan fingerprint density at radius 2 is 0.718 bits per heavy atom. The second-order valence-electron chi connectivity index (χ2n) is 28.5. The lowest BCUT2D eigenvalue weighted by Gasteiger charge is -2.42. The van der Waals surface area contributed by atoms with E-state index < -0.39 is 10.8 Å². The van der Waals surface area contributed by atoms with E-state index in [0.29, 0.717) is 0 Å². The monoisotopic (exact) mass is 1120 g/mol. The van der Waals surface area contributed by atoms with Crippen molar-refractivity contribution in [3.05, 3.63) is 291 Å². The Bertz CT molecular complexity index is 4470. The Hall–Kier alpha value is -8.37. The molecule has 0 atom stereocenters. The summed E-state index contributed by atoms with van der Waals surface area (Å²) in [6.07, 6.45) is 0. The Labute approximate surface area is 507 Å². The highest BCUT2D eigenvalue weighted by molar-refractivity contribution is 7.99. The van der Waals surface area contributed by atoms with E-state index >= 15 is 0 Å². The van der Waals surface area contributed by atoms with Crippen LogP contribution in [-0.2, 0) is 32.5 Å². The molecule has 0 unspecified atom stereocenters. The normalized spacial score (nSPS) is 14.8. The molecule has 4 aliphatic rings. The second kappa shape index (κ2) is 18.6. The third kappa shape index (κ3) is 7.91. The molecule has 11 aromatic rings. The molecule has 0 saturated heterocycles. The van der Waals surface area contributed by atoms with Crippen LogP contribution in [-0.4, -0.2) is 0 Å². The summed E-state index contributed by atoms with van der Waals surface area (Å²) in [5.41, 5.74) is 24.5. The van der Waals surface area contributed by atoms with Crippen LogP contribution in [0.2, 0.25) is 0 Å². The van der Waals surface area contributed by atoms with Crippen molar-refractivity contribution in [3.63, 3.8) is 0 Å². The smallest absolute Gasteiger partial charge is 0.132 e. The molecule has 0 saturated carbocycles. The highest BCUT2D eigenvalue weighted by Crippen LogP contribution is 2.66. The zero-order valence-corrected chi connectivity index (χ0v) is 51.9. The van der Waals surface area contributed by atoms with Crippen LogP contribution in [0.15, 0.2) is 234 Å². The topological polar surface area (TPSA) is 12.5 Å². The van der Waals surface area contributed by atoms with Crippen LogP contribution in [0.3, 0.4) is 0 Å². The van der Waals surface area contributed by atoms with Gasteiger partial charge in [0.15, 0.2) is 0 Å². The summed E-state index contributed by atoms with van der Waals surface area (Å²) in [7, 11) is 0. The Morgan fingerprint density at radius 1 is 0.306 bits per heavy atom. The summed E-state index contributed by atoms with van der Waals surface area (Å²) in [5.74, 6) is 1.76. The summed E-state index contributed by atoms with van der Waals surface area (Å²) in [5, 5.41) is 2.43. The molecular weight excluding hydrogens is 1050 g/mol. The van der Waals surface area contributed by atoms with Crippen molar-refractivity contribution in [2.75, 3.05) is 4.90 Å². The third-order valence-corrected chi connectivity index (χ3v) is 20.4. The van der Waals surface area contributed by atoms with Gasteiger partial charge in [-0.15, -0.1) is 0 Å². The van der Waals surface area contributed by atoms with Gasteiger partial charge in [-0.1, -0.05) is 265 Å². The van der Waals surface area contributed by atoms with Gasteiger partial charge >= 0.3 is 0 Å². The van der Waals surface area contributed by atoms with Crippen LogP contribution in [0.4, 0.5) is 17.1 Å². The number of fused-ring (bicyclic) bond motifs is 19. The Kier molecular flexibility index (Phi) is 11.7. The molecule has 2 heterocycles. The number of anilines is 3. The van der Waals surface area contributed by atoms with Crippen molar-refractivity contribution in [1.82, 2.24) is 0 Å². The van der Waals surface area contributed by atoms with Crippen molar-refractivity contribution in [2.24, 2.45) is 0 Å². The molecule has 2 aliphatic heterocycles. The van der Waals surface area contributed by atoms with E-state index in [9.17, 15) is 0 Å². The molecule has 2 aliphatic carbocycles. The molecule has 418 valence electrons. The minimum absolute atomic E-state index is 0.0731. The van der Waals surface area contributed by atoms with E-state index in [-0.39, 0.29) is 21.7 Å². The number of hydrogen-bond donors (Lipinski definition) is 0. The van der Waals surface area contributed by atoms with Crippen LogP contribution in [0.25, 0.3) is 44.2 Å². The summed E-state index contributed by atoms with van der Waals surface area (Å²) in [6.45, 7) is 28.1. The van der Waals surface area contributed by atoms with Gasteiger partial charge in [0.1, 0.15) is 11.5 Å². The van der Waals surface area contributed by atoms with Gasteiger partial charge in [0, 0.05) is 37.9 Å². The van der Waals surface area contributed by atoms with Gasteiger partial charge in [-0.05, 0) is 170 Å². The number of rotatable bonds is 4. The van der Waals surface area contributed by atoms with Gasteiger partial charge in [-0.3, -0.25) is 0 Å². The minimum Gasteiger partial charge on any atom is -0.457 e. The number of nitrogens with zero attached hydrogens (tertiary/aromatic N) is 1.